The Kier molecular flexibility index (Phi) is 4.83. The fraction of sp³-hybridized carbons (Fsp3) is 0.786. The van der Waals surface area contributed by atoms with Crippen molar-refractivity contribution in [2.24, 2.45) is 5.92 Å². The van der Waals surface area contributed by atoms with E-state index >= 15 is 0 Å². The quantitative estimate of drug-likeness (QED) is 0.897. The Morgan fingerprint density at radius 2 is 2.19 bits per heavy atom. The second kappa shape index (κ2) is 6.27. The van der Waals surface area contributed by atoms with Crippen LogP contribution in [0, 0.1) is 5.92 Å². The zero-order valence-electron chi connectivity index (χ0n) is 13.0. The first-order valence-electron chi connectivity index (χ1n) is 7.26. The third kappa shape index (κ3) is 3.52. The minimum atomic E-state index is -0.806. The minimum Gasteiger partial charge on any atom is -0.481 e. The number of aliphatic carboxylic acids is 1. The third-order valence-corrected chi connectivity index (χ3v) is 4.32. The van der Waals surface area contributed by atoms with Crippen LogP contribution in [0.2, 0.25) is 0 Å². The number of nitrogens with zero attached hydrogens (tertiary/aromatic N) is 3. The molecule has 0 saturated carbocycles. The topological polar surface area (TPSA) is 75.5 Å². The van der Waals surface area contributed by atoms with Gasteiger partial charge < -0.3 is 14.7 Å². The van der Waals surface area contributed by atoms with Gasteiger partial charge in [0.25, 0.3) is 0 Å². The zero-order chi connectivity index (χ0) is 15.6. The lowest BCUT2D eigenvalue weighted by molar-refractivity contribution is -0.141. The number of rotatable bonds is 5. The Morgan fingerprint density at radius 3 is 2.71 bits per heavy atom. The largest absolute Gasteiger partial charge is 0.481 e. The fourth-order valence-corrected chi connectivity index (χ4v) is 3.31. The van der Waals surface area contributed by atoms with E-state index in [1.807, 2.05) is 0 Å². The second-order valence-corrected chi connectivity index (χ2v) is 7.12. The van der Waals surface area contributed by atoms with Crippen molar-refractivity contribution in [1.29, 1.82) is 0 Å². The van der Waals surface area contributed by atoms with Crippen LogP contribution in [-0.4, -0.2) is 46.2 Å². The Morgan fingerprint density at radius 1 is 1.48 bits per heavy atom. The molecule has 1 aliphatic rings. The number of carboxylic acids is 1. The fourth-order valence-electron chi connectivity index (χ4n) is 2.37. The first-order valence-corrected chi connectivity index (χ1v) is 8.03. The number of hydrogen-bond acceptors (Lipinski definition) is 6. The van der Waals surface area contributed by atoms with E-state index in [0.29, 0.717) is 6.61 Å². The molecule has 21 heavy (non-hydrogen) atoms. The normalized spacial score (nSPS) is 22.5. The molecule has 1 saturated heterocycles. The van der Waals surface area contributed by atoms with Crippen LogP contribution in [0.3, 0.4) is 0 Å². The lowest BCUT2D eigenvalue weighted by atomic mass is 9.96. The van der Waals surface area contributed by atoms with Gasteiger partial charge in [-0.15, -0.1) is 0 Å². The Hall–Kier alpha value is -1.21. The van der Waals surface area contributed by atoms with Crippen molar-refractivity contribution in [2.75, 3.05) is 24.7 Å². The van der Waals surface area contributed by atoms with Gasteiger partial charge in [-0.2, -0.15) is 4.37 Å². The predicted octanol–water partition coefficient (Wildman–Crippen LogP) is 2.15. The molecule has 1 N–H and O–H groups in total. The zero-order valence-corrected chi connectivity index (χ0v) is 13.8. The summed E-state index contributed by atoms with van der Waals surface area (Å²) >= 11 is 1.34. The highest BCUT2D eigenvalue weighted by atomic mass is 32.1. The molecule has 0 spiro atoms. The molecule has 2 unspecified atom stereocenters. The Labute approximate surface area is 129 Å². The molecule has 1 aromatic heterocycles. The Bertz CT molecular complexity index is 498. The van der Waals surface area contributed by atoms with E-state index in [1.165, 1.54) is 11.5 Å². The van der Waals surface area contributed by atoms with Gasteiger partial charge >= 0.3 is 5.97 Å². The van der Waals surface area contributed by atoms with Crippen LogP contribution in [0.5, 0.6) is 0 Å². The van der Waals surface area contributed by atoms with Crippen LogP contribution in [0.15, 0.2) is 0 Å². The SMILES string of the molecule is CCCN(c1nc(C(C)(C)C)ns1)C1COCC1C(=O)O. The molecule has 2 atom stereocenters. The lowest BCUT2D eigenvalue weighted by Crippen LogP contribution is -2.43. The van der Waals surface area contributed by atoms with Gasteiger partial charge in [-0.25, -0.2) is 4.98 Å². The molecular formula is C14H23N3O3S. The summed E-state index contributed by atoms with van der Waals surface area (Å²) in [6.45, 7) is 9.75. The summed E-state index contributed by atoms with van der Waals surface area (Å²) in [6, 6.07) is -0.164. The maximum atomic E-state index is 11.4. The van der Waals surface area contributed by atoms with E-state index in [4.69, 9.17) is 4.74 Å². The molecule has 118 valence electrons. The number of aromatic nitrogens is 2. The first kappa shape index (κ1) is 16.2. The van der Waals surface area contributed by atoms with Gasteiger partial charge in [0.2, 0.25) is 5.13 Å². The van der Waals surface area contributed by atoms with Crippen molar-refractivity contribution >= 4 is 22.6 Å². The summed E-state index contributed by atoms with van der Waals surface area (Å²) < 4.78 is 9.82. The predicted molar refractivity (Wildman–Crippen MR) is 82.0 cm³/mol. The summed E-state index contributed by atoms with van der Waals surface area (Å²) in [5.41, 5.74) is -0.106. The molecule has 1 aliphatic heterocycles. The smallest absolute Gasteiger partial charge is 0.311 e. The number of ether oxygens (including phenoxy) is 1. The molecule has 0 amide bonds. The molecular weight excluding hydrogens is 290 g/mol. The number of anilines is 1. The van der Waals surface area contributed by atoms with E-state index in [1.54, 1.807) is 0 Å². The van der Waals surface area contributed by atoms with E-state index < -0.39 is 11.9 Å². The van der Waals surface area contributed by atoms with Crippen LogP contribution >= 0.6 is 11.5 Å². The van der Waals surface area contributed by atoms with Crippen molar-refractivity contribution in [3.8, 4) is 0 Å². The highest BCUT2D eigenvalue weighted by Gasteiger charge is 2.39. The van der Waals surface area contributed by atoms with E-state index in [-0.39, 0.29) is 18.1 Å². The van der Waals surface area contributed by atoms with Gasteiger partial charge in [0.1, 0.15) is 11.7 Å². The highest BCUT2D eigenvalue weighted by Crippen LogP contribution is 2.30. The molecule has 0 aliphatic carbocycles. The van der Waals surface area contributed by atoms with Gasteiger partial charge in [-0.05, 0) is 6.42 Å². The van der Waals surface area contributed by atoms with Crippen LogP contribution in [0.25, 0.3) is 0 Å². The molecule has 6 nitrogen and oxygen atoms in total. The van der Waals surface area contributed by atoms with Gasteiger partial charge in [-0.1, -0.05) is 27.7 Å². The van der Waals surface area contributed by atoms with Crippen molar-refractivity contribution in [2.45, 2.75) is 45.6 Å². The highest BCUT2D eigenvalue weighted by molar-refractivity contribution is 7.09. The average molecular weight is 313 g/mol. The number of carboxylic acid groups (broad SMARTS) is 1. The maximum Gasteiger partial charge on any atom is 0.311 e. The van der Waals surface area contributed by atoms with E-state index in [2.05, 4.69) is 42.0 Å². The first-order chi connectivity index (χ1) is 9.84. The minimum absolute atomic E-state index is 0.106. The molecule has 0 radical (unpaired) electrons. The van der Waals surface area contributed by atoms with Crippen molar-refractivity contribution < 1.29 is 14.6 Å². The molecule has 1 fully saturated rings. The van der Waals surface area contributed by atoms with Crippen LogP contribution in [0.1, 0.15) is 39.9 Å². The second-order valence-electron chi connectivity index (χ2n) is 6.39. The summed E-state index contributed by atoms with van der Waals surface area (Å²) in [6.07, 6.45) is 0.924. The molecule has 0 bridgehead atoms. The van der Waals surface area contributed by atoms with Gasteiger partial charge in [0.15, 0.2) is 0 Å². The van der Waals surface area contributed by atoms with E-state index in [0.717, 1.165) is 23.9 Å². The Balaban J connectivity index is 2.26. The molecule has 1 aromatic rings. The monoisotopic (exact) mass is 313 g/mol. The third-order valence-electron chi connectivity index (χ3n) is 3.56. The van der Waals surface area contributed by atoms with Crippen molar-refractivity contribution in [3.05, 3.63) is 5.82 Å². The summed E-state index contributed by atoms with van der Waals surface area (Å²) in [4.78, 5) is 18.1. The molecule has 2 rings (SSSR count). The molecule has 0 aromatic carbocycles. The van der Waals surface area contributed by atoms with Crippen molar-refractivity contribution in [3.63, 3.8) is 0 Å². The van der Waals surface area contributed by atoms with E-state index in [9.17, 15) is 9.90 Å². The summed E-state index contributed by atoms with van der Waals surface area (Å²) in [5.74, 6) is -0.507. The summed E-state index contributed by atoms with van der Waals surface area (Å²) in [5, 5.41) is 10.1. The average Bonchev–Trinajstić information content (AvgIpc) is 3.04. The van der Waals surface area contributed by atoms with Gasteiger partial charge in [0.05, 0.1) is 19.3 Å². The summed E-state index contributed by atoms with van der Waals surface area (Å²) in [7, 11) is 0. The standard InChI is InChI=1S/C14H23N3O3S/c1-5-6-17(10-8-20-7-9(10)11(18)19)13-15-12(16-21-13)14(2,3)4/h9-10H,5-8H2,1-4H3,(H,18,19). The van der Waals surface area contributed by atoms with Gasteiger partial charge in [-0.3, -0.25) is 4.79 Å². The van der Waals surface area contributed by atoms with Crippen LogP contribution in [-0.2, 0) is 14.9 Å². The number of carbonyl (C=O) groups is 1. The lowest BCUT2D eigenvalue weighted by Gasteiger charge is -2.29. The van der Waals surface area contributed by atoms with Gasteiger partial charge in [0, 0.05) is 23.5 Å². The maximum absolute atomic E-state index is 11.4. The van der Waals surface area contributed by atoms with Crippen LogP contribution < -0.4 is 4.90 Å². The van der Waals surface area contributed by atoms with Crippen LogP contribution in [0.4, 0.5) is 5.13 Å². The molecule has 2 heterocycles. The number of hydrogen-bond donors (Lipinski definition) is 1. The van der Waals surface area contributed by atoms with Crippen molar-refractivity contribution in [1.82, 2.24) is 9.36 Å². The molecule has 7 heteroatoms.